The Labute approximate surface area is 171 Å². The fourth-order valence-corrected chi connectivity index (χ4v) is 3.11. The molecular formula is C21H31FN4O3. The van der Waals surface area contributed by atoms with Crippen LogP contribution >= 0.6 is 0 Å². The van der Waals surface area contributed by atoms with Gasteiger partial charge in [0, 0.05) is 18.2 Å². The van der Waals surface area contributed by atoms with Crippen molar-refractivity contribution in [1.82, 2.24) is 15.3 Å². The van der Waals surface area contributed by atoms with Crippen molar-refractivity contribution in [2.24, 2.45) is 5.73 Å². The molecule has 8 heteroatoms. The van der Waals surface area contributed by atoms with Crippen molar-refractivity contribution in [3.63, 3.8) is 0 Å². The standard InChI is InChI=1S/C11H21NO2.C10H10FN3O/c1-11(2,3)14-10(13)12-9-7-5-4-6-8-9;1-15-9-5-13-8-3-2-7(11)6(4-12)10(8)14-9/h9H,4-8H2,1-3H3,(H,12,13);2-3,5H,4,12H2,1H3. The Morgan fingerprint density at radius 2 is 1.97 bits per heavy atom. The minimum absolute atomic E-state index is 0.0883. The third kappa shape index (κ3) is 7.12. The number of hydrogen-bond acceptors (Lipinski definition) is 6. The minimum Gasteiger partial charge on any atom is -0.480 e. The Balaban J connectivity index is 0.000000208. The van der Waals surface area contributed by atoms with Crippen LogP contribution in [0.1, 0.15) is 58.4 Å². The van der Waals surface area contributed by atoms with E-state index in [9.17, 15) is 9.18 Å². The van der Waals surface area contributed by atoms with Gasteiger partial charge in [0.15, 0.2) is 0 Å². The summed E-state index contributed by atoms with van der Waals surface area (Å²) in [5.41, 5.74) is 6.49. The fraction of sp³-hybridized carbons (Fsp3) is 0.571. The number of fused-ring (bicyclic) bond motifs is 1. The van der Waals surface area contributed by atoms with Crippen LogP contribution in [0.5, 0.6) is 5.88 Å². The zero-order valence-corrected chi connectivity index (χ0v) is 17.6. The number of nitrogens with zero attached hydrogens (tertiary/aromatic N) is 2. The van der Waals surface area contributed by atoms with E-state index in [1.165, 1.54) is 38.6 Å². The molecule has 1 aliphatic rings. The summed E-state index contributed by atoms with van der Waals surface area (Å²) in [6, 6.07) is 3.24. The summed E-state index contributed by atoms with van der Waals surface area (Å²) in [5.74, 6) is -0.0182. The van der Waals surface area contributed by atoms with Crippen LogP contribution in [0, 0.1) is 5.82 Å². The van der Waals surface area contributed by atoms with E-state index in [1.54, 1.807) is 6.07 Å². The van der Waals surface area contributed by atoms with Gasteiger partial charge in [-0.3, -0.25) is 0 Å². The van der Waals surface area contributed by atoms with E-state index in [0.717, 1.165) is 12.8 Å². The van der Waals surface area contributed by atoms with Gasteiger partial charge in [-0.1, -0.05) is 19.3 Å². The van der Waals surface area contributed by atoms with Crippen LogP contribution in [0.25, 0.3) is 11.0 Å². The average molecular weight is 407 g/mol. The van der Waals surface area contributed by atoms with Crippen molar-refractivity contribution in [3.05, 3.63) is 29.7 Å². The molecule has 1 heterocycles. The van der Waals surface area contributed by atoms with Crippen LogP contribution in [-0.4, -0.2) is 34.8 Å². The van der Waals surface area contributed by atoms with E-state index in [0.29, 0.717) is 28.5 Å². The van der Waals surface area contributed by atoms with Crippen LogP contribution in [0.4, 0.5) is 9.18 Å². The molecule has 2 aromatic rings. The van der Waals surface area contributed by atoms with Crippen LogP contribution in [0.3, 0.4) is 0 Å². The van der Waals surface area contributed by atoms with Crippen molar-refractivity contribution in [3.8, 4) is 5.88 Å². The van der Waals surface area contributed by atoms with Gasteiger partial charge in [0.1, 0.15) is 16.9 Å². The molecule has 3 rings (SSSR count). The Bertz CT molecular complexity index is 817. The molecule has 1 fully saturated rings. The minimum atomic E-state index is -0.390. The Hall–Kier alpha value is -2.48. The maximum atomic E-state index is 13.4. The number of amides is 1. The van der Waals surface area contributed by atoms with Gasteiger partial charge in [0.2, 0.25) is 5.88 Å². The van der Waals surface area contributed by atoms with E-state index in [-0.39, 0.29) is 18.5 Å². The van der Waals surface area contributed by atoms with E-state index in [2.05, 4.69) is 15.3 Å². The molecule has 7 nitrogen and oxygen atoms in total. The number of aromatic nitrogens is 2. The SMILES string of the molecule is CC(C)(C)OC(=O)NC1CCCCC1.COc1cnc2ccc(F)c(CN)c2n1. The number of alkyl carbamates (subject to hydrolysis) is 1. The largest absolute Gasteiger partial charge is 0.480 e. The Morgan fingerprint density at radius 1 is 1.28 bits per heavy atom. The van der Waals surface area contributed by atoms with Crippen LogP contribution < -0.4 is 15.8 Å². The lowest BCUT2D eigenvalue weighted by molar-refractivity contribution is 0.0493. The first kappa shape index (κ1) is 22.8. The first-order valence-electron chi connectivity index (χ1n) is 9.91. The van der Waals surface area contributed by atoms with Crippen molar-refractivity contribution >= 4 is 17.1 Å². The van der Waals surface area contributed by atoms with Crippen LogP contribution in [-0.2, 0) is 11.3 Å². The maximum Gasteiger partial charge on any atom is 0.407 e. The van der Waals surface area contributed by atoms with Gasteiger partial charge in [-0.25, -0.2) is 19.2 Å². The monoisotopic (exact) mass is 406 g/mol. The molecule has 1 aromatic carbocycles. The molecule has 0 unspecified atom stereocenters. The summed E-state index contributed by atoms with van der Waals surface area (Å²) in [5, 5.41) is 2.91. The maximum absolute atomic E-state index is 13.4. The van der Waals surface area contributed by atoms with Gasteiger partial charge in [-0.2, -0.15) is 0 Å². The molecule has 0 bridgehead atoms. The molecule has 1 amide bonds. The number of nitrogens with one attached hydrogen (secondary N) is 1. The Morgan fingerprint density at radius 3 is 2.55 bits per heavy atom. The first-order chi connectivity index (χ1) is 13.7. The van der Waals surface area contributed by atoms with Gasteiger partial charge in [-0.15, -0.1) is 0 Å². The highest BCUT2D eigenvalue weighted by Crippen LogP contribution is 2.20. The van der Waals surface area contributed by atoms with Crippen LogP contribution in [0.15, 0.2) is 18.3 Å². The third-order valence-corrected chi connectivity index (χ3v) is 4.48. The predicted octanol–water partition coefficient (Wildman–Crippen LogP) is 4.08. The van der Waals surface area contributed by atoms with Crippen molar-refractivity contribution in [1.29, 1.82) is 0 Å². The summed E-state index contributed by atoms with van der Waals surface area (Å²) in [6.45, 7) is 5.74. The summed E-state index contributed by atoms with van der Waals surface area (Å²) in [6.07, 6.45) is 7.15. The number of nitrogens with two attached hydrogens (primary N) is 1. The van der Waals surface area contributed by atoms with Gasteiger partial charge in [0.25, 0.3) is 0 Å². The molecule has 1 aromatic heterocycles. The van der Waals surface area contributed by atoms with E-state index in [1.807, 2.05) is 20.8 Å². The quantitative estimate of drug-likeness (QED) is 0.797. The molecule has 1 aliphatic carbocycles. The van der Waals surface area contributed by atoms with E-state index >= 15 is 0 Å². The number of halogens is 1. The average Bonchev–Trinajstić information content (AvgIpc) is 2.67. The molecule has 0 spiro atoms. The number of methoxy groups -OCH3 is 1. The van der Waals surface area contributed by atoms with Crippen LogP contribution in [0.2, 0.25) is 0 Å². The molecule has 3 N–H and O–H groups in total. The number of carbonyl (C=O) groups is 1. The van der Waals surface area contributed by atoms with Crippen molar-refractivity contribution in [2.45, 2.75) is 71.1 Å². The summed E-state index contributed by atoms with van der Waals surface area (Å²) in [4.78, 5) is 19.6. The number of carbonyl (C=O) groups excluding carboxylic acids is 1. The Kier molecular flexibility index (Phi) is 8.13. The third-order valence-electron chi connectivity index (χ3n) is 4.48. The molecule has 0 aliphatic heterocycles. The van der Waals surface area contributed by atoms with Gasteiger partial charge >= 0.3 is 6.09 Å². The summed E-state index contributed by atoms with van der Waals surface area (Å²) < 4.78 is 23.5. The smallest absolute Gasteiger partial charge is 0.407 e. The zero-order valence-electron chi connectivity index (χ0n) is 17.6. The number of rotatable bonds is 3. The van der Waals surface area contributed by atoms with E-state index < -0.39 is 5.60 Å². The molecule has 0 saturated heterocycles. The molecule has 1 saturated carbocycles. The van der Waals surface area contributed by atoms with Gasteiger partial charge in [-0.05, 0) is 45.7 Å². The topological polar surface area (TPSA) is 99.4 Å². The normalized spacial score (nSPS) is 14.7. The van der Waals surface area contributed by atoms with Crippen molar-refractivity contribution < 1.29 is 18.7 Å². The lowest BCUT2D eigenvalue weighted by Gasteiger charge is -2.25. The van der Waals surface area contributed by atoms with E-state index in [4.69, 9.17) is 15.2 Å². The lowest BCUT2D eigenvalue weighted by Crippen LogP contribution is -2.39. The highest BCUT2D eigenvalue weighted by molar-refractivity contribution is 5.78. The molecule has 29 heavy (non-hydrogen) atoms. The summed E-state index contributed by atoms with van der Waals surface area (Å²) in [7, 11) is 1.48. The lowest BCUT2D eigenvalue weighted by atomic mass is 9.96. The molecule has 0 radical (unpaired) electrons. The second-order valence-corrected chi connectivity index (χ2v) is 7.99. The number of ether oxygens (including phenoxy) is 2. The fourth-order valence-electron chi connectivity index (χ4n) is 3.11. The second kappa shape index (κ2) is 10.3. The molecule has 160 valence electrons. The first-order valence-corrected chi connectivity index (χ1v) is 9.91. The number of hydrogen-bond donors (Lipinski definition) is 2. The number of benzene rings is 1. The molecular weight excluding hydrogens is 375 g/mol. The zero-order chi connectivity index (χ0) is 21.4. The summed E-state index contributed by atoms with van der Waals surface area (Å²) >= 11 is 0. The highest BCUT2D eigenvalue weighted by atomic mass is 19.1. The molecule has 0 atom stereocenters. The van der Waals surface area contributed by atoms with Crippen molar-refractivity contribution in [2.75, 3.05) is 7.11 Å². The predicted molar refractivity (Wildman–Crippen MR) is 110 cm³/mol. The van der Waals surface area contributed by atoms with Gasteiger partial charge < -0.3 is 20.5 Å². The highest BCUT2D eigenvalue weighted by Gasteiger charge is 2.20. The van der Waals surface area contributed by atoms with Gasteiger partial charge in [0.05, 0.1) is 18.8 Å². The second-order valence-electron chi connectivity index (χ2n) is 7.99.